The lowest BCUT2D eigenvalue weighted by Crippen LogP contribution is -2.65. The van der Waals surface area contributed by atoms with Crippen LogP contribution in [0.2, 0.25) is 0 Å². The number of hydrogen-bond acceptors (Lipinski definition) is 5. The molecule has 1 aromatic heterocycles. The van der Waals surface area contributed by atoms with E-state index in [0.29, 0.717) is 19.4 Å². The third-order valence-electron chi connectivity index (χ3n) is 5.65. The fraction of sp³-hybridized carbons (Fsp3) is 0.556. The average molecular weight is 328 g/mol. The third kappa shape index (κ3) is 2.75. The van der Waals surface area contributed by atoms with E-state index in [4.69, 9.17) is 0 Å². The Hall–Kier alpha value is -1.76. The van der Waals surface area contributed by atoms with Crippen LogP contribution in [-0.2, 0) is 6.54 Å². The van der Waals surface area contributed by atoms with Crippen LogP contribution in [0, 0.1) is 0 Å². The van der Waals surface area contributed by atoms with Crippen LogP contribution in [0.25, 0.3) is 5.69 Å². The van der Waals surface area contributed by atoms with Crippen molar-refractivity contribution in [3.63, 3.8) is 0 Å². The Morgan fingerprint density at radius 2 is 1.75 bits per heavy atom. The van der Waals surface area contributed by atoms with Crippen LogP contribution in [0.1, 0.15) is 37.7 Å². The van der Waals surface area contributed by atoms with E-state index in [9.17, 15) is 10.2 Å². The van der Waals surface area contributed by atoms with Crippen molar-refractivity contribution in [2.24, 2.45) is 0 Å². The molecule has 0 spiro atoms. The molecule has 2 aliphatic rings. The van der Waals surface area contributed by atoms with Gasteiger partial charge in [0.1, 0.15) is 18.3 Å². The van der Waals surface area contributed by atoms with Crippen molar-refractivity contribution in [3.05, 3.63) is 42.5 Å². The van der Waals surface area contributed by atoms with Gasteiger partial charge in [0.05, 0.1) is 11.3 Å². The molecule has 0 amide bonds. The minimum Gasteiger partial charge on any atom is -0.387 e. The lowest BCUT2D eigenvalue weighted by Gasteiger charge is -2.53. The molecule has 2 fully saturated rings. The summed E-state index contributed by atoms with van der Waals surface area (Å²) < 4.78 is 1.73. The smallest absolute Gasteiger partial charge is 0.138 e. The van der Waals surface area contributed by atoms with E-state index < -0.39 is 11.2 Å². The number of nitrogens with zero attached hydrogens (tertiary/aromatic N) is 4. The number of aromatic nitrogens is 3. The third-order valence-corrected chi connectivity index (χ3v) is 5.65. The number of rotatable bonds is 3. The Morgan fingerprint density at radius 1 is 1.00 bits per heavy atom. The van der Waals surface area contributed by atoms with Crippen LogP contribution in [0.5, 0.6) is 0 Å². The minimum atomic E-state index is -0.954. The number of piperidine rings is 1. The maximum Gasteiger partial charge on any atom is 0.138 e. The van der Waals surface area contributed by atoms with Gasteiger partial charge < -0.3 is 10.2 Å². The van der Waals surface area contributed by atoms with Crippen molar-refractivity contribution >= 4 is 0 Å². The Kier molecular flexibility index (Phi) is 3.90. The number of aliphatic hydroxyl groups is 2. The summed E-state index contributed by atoms with van der Waals surface area (Å²) in [5.41, 5.74) is 0.335. The molecule has 128 valence electrons. The highest BCUT2D eigenvalue weighted by atomic mass is 16.4. The topological polar surface area (TPSA) is 74.4 Å². The summed E-state index contributed by atoms with van der Waals surface area (Å²) in [7, 11) is 0. The average Bonchev–Trinajstić information content (AvgIpc) is 3.11. The Labute approximate surface area is 141 Å². The molecule has 6 heteroatoms. The van der Waals surface area contributed by atoms with Gasteiger partial charge in [0, 0.05) is 19.6 Å². The van der Waals surface area contributed by atoms with E-state index in [1.807, 2.05) is 12.1 Å². The van der Waals surface area contributed by atoms with Crippen molar-refractivity contribution in [1.82, 2.24) is 19.7 Å². The van der Waals surface area contributed by atoms with E-state index in [1.54, 1.807) is 11.0 Å². The molecular formula is C18H24N4O2. The molecule has 1 aliphatic carbocycles. The van der Waals surface area contributed by atoms with Crippen molar-refractivity contribution < 1.29 is 10.2 Å². The highest BCUT2D eigenvalue weighted by molar-refractivity contribution is 5.33. The Morgan fingerprint density at radius 3 is 2.46 bits per heavy atom. The van der Waals surface area contributed by atoms with Gasteiger partial charge in [-0.05, 0) is 37.0 Å². The van der Waals surface area contributed by atoms with Crippen LogP contribution in [-0.4, -0.2) is 54.2 Å². The minimum absolute atomic E-state index is 0.550. The molecule has 1 aliphatic heterocycles. The fourth-order valence-electron chi connectivity index (χ4n) is 4.16. The Bertz CT molecular complexity index is 688. The molecule has 0 radical (unpaired) electrons. The normalized spacial score (nSPS) is 30.9. The van der Waals surface area contributed by atoms with E-state index >= 15 is 0 Å². The van der Waals surface area contributed by atoms with Crippen LogP contribution in [0.4, 0.5) is 0 Å². The number of benzene rings is 1. The van der Waals surface area contributed by atoms with Crippen molar-refractivity contribution in [1.29, 1.82) is 0 Å². The van der Waals surface area contributed by atoms with Gasteiger partial charge in [0.25, 0.3) is 0 Å². The van der Waals surface area contributed by atoms with Crippen LogP contribution >= 0.6 is 0 Å². The quantitative estimate of drug-likeness (QED) is 0.893. The van der Waals surface area contributed by atoms with Gasteiger partial charge in [-0.15, -0.1) is 0 Å². The second kappa shape index (κ2) is 5.95. The van der Waals surface area contributed by atoms with Gasteiger partial charge in [-0.3, -0.25) is 4.90 Å². The maximum atomic E-state index is 11.0. The van der Waals surface area contributed by atoms with Gasteiger partial charge in [-0.2, -0.15) is 5.10 Å². The molecule has 24 heavy (non-hydrogen) atoms. The van der Waals surface area contributed by atoms with Crippen molar-refractivity contribution in [2.45, 2.75) is 49.9 Å². The molecule has 2 N–H and O–H groups in total. The second-order valence-electron chi connectivity index (χ2n) is 7.24. The molecule has 0 unspecified atom stereocenters. The fourth-order valence-corrected chi connectivity index (χ4v) is 4.16. The predicted molar refractivity (Wildman–Crippen MR) is 89.6 cm³/mol. The highest BCUT2D eigenvalue weighted by Crippen LogP contribution is 2.43. The monoisotopic (exact) mass is 328 g/mol. The molecule has 2 aromatic rings. The second-order valence-corrected chi connectivity index (χ2v) is 7.24. The van der Waals surface area contributed by atoms with Crippen molar-refractivity contribution in [2.75, 3.05) is 13.1 Å². The SMILES string of the molecule is O[C@]12CCCC[C@@]1(O)CN(Cc1ccc(-n3cncn3)cc1)CC2. The summed E-state index contributed by atoms with van der Waals surface area (Å²) in [5, 5.41) is 25.9. The lowest BCUT2D eigenvalue weighted by atomic mass is 9.67. The van der Waals surface area contributed by atoms with Crippen LogP contribution in [0.3, 0.4) is 0 Å². The molecule has 1 saturated carbocycles. The van der Waals surface area contributed by atoms with E-state index in [-0.39, 0.29) is 0 Å². The number of hydrogen-bond donors (Lipinski definition) is 2. The van der Waals surface area contributed by atoms with Gasteiger partial charge in [-0.1, -0.05) is 25.0 Å². The number of likely N-dealkylation sites (tertiary alicyclic amines) is 1. The maximum absolute atomic E-state index is 11.0. The molecule has 1 saturated heterocycles. The van der Waals surface area contributed by atoms with Crippen LogP contribution in [0.15, 0.2) is 36.9 Å². The van der Waals surface area contributed by atoms with E-state index in [0.717, 1.165) is 38.0 Å². The first-order valence-corrected chi connectivity index (χ1v) is 8.69. The predicted octanol–water partition coefficient (Wildman–Crippen LogP) is 1.51. The van der Waals surface area contributed by atoms with Gasteiger partial charge in [-0.25, -0.2) is 9.67 Å². The first-order chi connectivity index (χ1) is 11.6. The van der Waals surface area contributed by atoms with Crippen molar-refractivity contribution in [3.8, 4) is 5.69 Å². The zero-order chi connectivity index (χ0) is 16.6. The first kappa shape index (κ1) is 15.7. The van der Waals surface area contributed by atoms with E-state index in [1.165, 1.54) is 11.9 Å². The summed E-state index contributed by atoms with van der Waals surface area (Å²) in [6, 6.07) is 8.23. The van der Waals surface area contributed by atoms with Crippen LogP contribution < -0.4 is 0 Å². The van der Waals surface area contributed by atoms with Gasteiger partial charge in [0.2, 0.25) is 0 Å². The number of fused-ring (bicyclic) bond motifs is 1. The molecule has 0 bridgehead atoms. The molecule has 2 heterocycles. The van der Waals surface area contributed by atoms with Gasteiger partial charge in [0.15, 0.2) is 0 Å². The summed E-state index contributed by atoms with van der Waals surface area (Å²) in [4.78, 5) is 6.21. The summed E-state index contributed by atoms with van der Waals surface area (Å²) >= 11 is 0. The molecule has 1 aromatic carbocycles. The Balaban J connectivity index is 1.44. The number of β-amino-alcohol motifs (C(OH)–C–C–N with tert-alkyl or cyclic N) is 1. The highest BCUT2D eigenvalue weighted by Gasteiger charge is 2.53. The summed E-state index contributed by atoms with van der Waals surface area (Å²) in [6.45, 7) is 2.16. The summed E-state index contributed by atoms with van der Waals surface area (Å²) in [5.74, 6) is 0. The largest absolute Gasteiger partial charge is 0.387 e. The van der Waals surface area contributed by atoms with Gasteiger partial charge >= 0.3 is 0 Å². The van der Waals surface area contributed by atoms with E-state index in [2.05, 4.69) is 27.1 Å². The zero-order valence-electron chi connectivity index (χ0n) is 13.8. The summed E-state index contributed by atoms with van der Waals surface area (Å²) in [6.07, 6.45) is 7.30. The first-order valence-electron chi connectivity index (χ1n) is 8.69. The molecular weight excluding hydrogens is 304 g/mol. The standard InChI is InChI=1S/C18H24N4O2/c23-17-7-1-2-8-18(17,24)12-21(10-9-17)11-15-3-5-16(6-4-15)22-14-19-13-20-22/h3-6,13-14,23-24H,1-2,7-12H2/t17-,18+/m0/s1. The molecule has 4 rings (SSSR count). The molecule has 6 nitrogen and oxygen atoms in total. The molecule has 2 atom stereocenters. The zero-order valence-corrected chi connectivity index (χ0v) is 13.8. The lowest BCUT2D eigenvalue weighted by molar-refractivity contribution is -0.209.